The van der Waals surface area contributed by atoms with Gasteiger partial charge in [0.25, 0.3) is 5.56 Å². The number of aromatic nitrogens is 2. The average molecular weight is 380 g/mol. The lowest BCUT2D eigenvalue weighted by molar-refractivity contribution is -0.145. The molecule has 4 nitrogen and oxygen atoms in total. The fraction of sp³-hybridized carbons (Fsp3) is 0.750. The number of Topliss-reactive ketones (excluding diaryl/α,β-unsaturated/α-hetero) is 1. The van der Waals surface area contributed by atoms with Gasteiger partial charge in [-0.2, -0.15) is 18.3 Å². The van der Waals surface area contributed by atoms with Crippen LogP contribution in [0, 0.1) is 23.2 Å². The van der Waals surface area contributed by atoms with Crippen LogP contribution < -0.4 is 5.56 Å². The van der Waals surface area contributed by atoms with Crippen molar-refractivity contribution in [1.82, 2.24) is 9.78 Å². The van der Waals surface area contributed by atoms with E-state index in [0.29, 0.717) is 23.4 Å². The molecule has 0 N–H and O–H groups in total. The number of hydrogen-bond donors (Lipinski definition) is 0. The molecule has 0 amide bonds. The average Bonchev–Trinajstić information content (AvgIpc) is 3.39. The number of halogens is 3. The molecule has 0 aromatic carbocycles. The van der Waals surface area contributed by atoms with Crippen molar-refractivity contribution in [3.63, 3.8) is 0 Å². The summed E-state index contributed by atoms with van der Waals surface area (Å²) in [5.74, 6) is 1.58. The minimum atomic E-state index is -4.73. The summed E-state index contributed by atoms with van der Waals surface area (Å²) in [6.07, 6.45) is 2.88. The van der Waals surface area contributed by atoms with E-state index in [9.17, 15) is 22.8 Å². The van der Waals surface area contributed by atoms with Gasteiger partial charge in [-0.1, -0.05) is 0 Å². The molecule has 0 atom stereocenters. The van der Waals surface area contributed by atoms with E-state index < -0.39 is 22.7 Å². The number of rotatable bonds is 4. The highest BCUT2D eigenvalue weighted by atomic mass is 19.4. The van der Waals surface area contributed by atoms with Gasteiger partial charge < -0.3 is 0 Å². The molecule has 0 saturated heterocycles. The summed E-state index contributed by atoms with van der Waals surface area (Å²) in [5, 5.41) is 4.16. The second-order valence-corrected chi connectivity index (χ2v) is 9.34. The summed E-state index contributed by atoms with van der Waals surface area (Å²) in [4.78, 5) is 25.6. The monoisotopic (exact) mass is 380 g/mol. The number of ketones is 1. The Morgan fingerprint density at radius 3 is 2.15 bits per heavy atom. The predicted molar refractivity (Wildman–Crippen MR) is 91.1 cm³/mol. The number of carbonyl (C=O) groups excluding carboxylic acids is 1. The summed E-state index contributed by atoms with van der Waals surface area (Å²) in [7, 11) is 0. The van der Waals surface area contributed by atoms with Crippen molar-refractivity contribution in [1.29, 1.82) is 0 Å². The standard InChI is InChI=1S/C20H23F3N2O2/c21-20(22,23)15-6-16(14-1-2-14)24-25(18(15)27)10-17(26)19-7-11-3-12(8-19)5-13(4-11)9-19/h6,11-14H,1-5,7-10H2. The van der Waals surface area contributed by atoms with Gasteiger partial charge in [0.2, 0.25) is 0 Å². The molecule has 1 heterocycles. The maximum atomic E-state index is 13.3. The van der Waals surface area contributed by atoms with E-state index in [-0.39, 0.29) is 18.2 Å². The Morgan fingerprint density at radius 1 is 1.11 bits per heavy atom. The van der Waals surface area contributed by atoms with Crippen LogP contribution in [0.5, 0.6) is 0 Å². The van der Waals surface area contributed by atoms with Crippen molar-refractivity contribution in [2.24, 2.45) is 23.2 Å². The summed E-state index contributed by atoms with van der Waals surface area (Å²) >= 11 is 0. The first-order valence-electron chi connectivity index (χ1n) is 9.96. The van der Waals surface area contributed by atoms with Gasteiger partial charge >= 0.3 is 6.18 Å². The number of carbonyl (C=O) groups is 1. The lowest BCUT2D eigenvalue weighted by Gasteiger charge is -2.55. The Labute approximate surface area is 155 Å². The Bertz CT molecular complexity index is 818. The molecule has 0 unspecified atom stereocenters. The highest BCUT2D eigenvalue weighted by molar-refractivity contribution is 5.85. The van der Waals surface area contributed by atoms with Gasteiger partial charge in [-0.3, -0.25) is 9.59 Å². The maximum Gasteiger partial charge on any atom is 0.421 e. The smallest absolute Gasteiger partial charge is 0.297 e. The number of hydrogen-bond acceptors (Lipinski definition) is 3. The van der Waals surface area contributed by atoms with Gasteiger partial charge in [0, 0.05) is 11.3 Å². The van der Waals surface area contributed by atoms with Crippen LogP contribution in [0.2, 0.25) is 0 Å². The summed E-state index contributed by atoms with van der Waals surface area (Å²) in [6.45, 7) is -0.325. The van der Waals surface area contributed by atoms with Crippen LogP contribution >= 0.6 is 0 Å². The molecule has 0 spiro atoms. The SMILES string of the molecule is O=C(Cn1nc(C2CC2)cc(C(F)(F)F)c1=O)C12CC3CC(CC(C3)C1)C2. The van der Waals surface area contributed by atoms with Gasteiger partial charge in [0.15, 0.2) is 5.78 Å². The van der Waals surface area contributed by atoms with E-state index in [0.717, 1.165) is 42.9 Å². The Kier molecular flexibility index (Phi) is 3.66. The summed E-state index contributed by atoms with van der Waals surface area (Å²) < 4.78 is 40.8. The number of nitrogens with zero attached hydrogens (tertiary/aromatic N) is 2. The first-order chi connectivity index (χ1) is 12.7. The van der Waals surface area contributed by atoms with Gasteiger partial charge in [0.1, 0.15) is 12.1 Å². The van der Waals surface area contributed by atoms with E-state index in [4.69, 9.17) is 0 Å². The van der Waals surface area contributed by atoms with Crippen molar-refractivity contribution in [2.75, 3.05) is 0 Å². The van der Waals surface area contributed by atoms with Crippen LogP contribution in [-0.4, -0.2) is 15.6 Å². The molecule has 146 valence electrons. The molecule has 5 aliphatic carbocycles. The second kappa shape index (κ2) is 5.67. The zero-order valence-corrected chi connectivity index (χ0v) is 15.1. The molecule has 5 fully saturated rings. The third-order valence-corrected chi connectivity index (χ3v) is 7.22. The summed E-state index contributed by atoms with van der Waals surface area (Å²) in [5.41, 5.74) is -2.54. The highest BCUT2D eigenvalue weighted by Crippen LogP contribution is 2.60. The third-order valence-electron chi connectivity index (χ3n) is 7.22. The molecular weight excluding hydrogens is 357 g/mol. The van der Waals surface area contributed by atoms with E-state index in [1.807, 2.05) is 0 Å². The molecule has 6 rings (SSSR count). The summed E-state index contributed by atoms with van der Waals surface area (Å²) in [6, 6.07) is 0.881. The minimum absolute atomic E-state index is 0.0207. The van der Waals surface area contributed by atoms with E-state index in [1.165, 1.54) is 19.3 Å². The molecule has 1 aromatic heterocycles. The van der Waals surface area contributed by atoms with E-state index in [1.54, 1.807) is 0 Å². The minimum Gasteiger partial charge on any atom is -0.297 e. The molecule has 27 heavy (non-hydrogen) atoms. The fourth-order valence-electron chi connectivity index (χ4n) is 6.21. The third kappa shape index (κ3) is 2.93. The van der Waals surface area contributed by atoms with E-state index >= 15 is 0 Å². The predicted octanol–water partition coefficient (Wildman–Crippen LogP) is 3.93. The van der Waals surface area contributed by atoms with Crippen LogP contribution in [0.3, 0.4) is 0 Å². The lowest BCUT2D eigenvalue weighted by Crippen LogP contribution is -2.51. The van der Waals surface area contributed by atoms with Gasteiger partial charge in [-0.15, -0.1) is 0 Å². The molecule has 5 saturated carbocycles. The number of alkyl halides is 3. The van der Waals surface area contributed by atoms with E-state index in [2.05, 4.69) is 5.10 Å². The molecule has 5 aliphatic rings. The zero-order valence-electron chi connectivity index (χ0n) is 15.1. The van der Waals surface area contributed by atoms with Gasteiger partial charge in [-0.25, -0.2) is 4.68 Å². The van der Waals surface area contributed by atoms with Gasteiger partial charge in [-0.05, 0) is 75.2 Å². The van der Waals surface area contributed by atoms with Crippen molar-refractivity contribution in [2.45, 2.75) is 70.0 Å². The second-order valence-electron chi connectivity index (χ2n) is 9.34. The van der Waals surface area contributed by atoms with Crippen molar-refractivity contribution in [3.8, 4) is 0 Å². The molecule has 0 aliphatic heterocycles. The fourth-order valence-corrected chi connectivity index (χ4v) is 6.21. The first kappa shape index (κ1) is 17.4. The maximum absolute atomic E-state index is 13.3. The Balaban J connectivity index is 1.48. The van der Waals surface area contributed by atoms with Crippen molar-refractivity contribution < 1.29 is 18.0 Å². The quantitative estimate of drug-likeness (QED) is 0.795. The van der Waals surface area contributed by atoms with Crippen LogP contribution in [0.1, 0.15) is 68.5 Å². The van der Waals surface area contributed by atoms with Crippen LogP contribution in [0.25, 0.3) is 0 Å². The first-order valence-corrected chi connectivity index (χ1v) is 9.96. The molecule has 1 aromatic rings. The topological polar surface area (TPSA) is 52.0 Å². The molecular formula is C20H23F3N2O2. The zero-order chi connectivity index (χ0) is 19.0. The molecule has 7 heteroatoms. The Morgan fingerprint density at radius 2 is 1.67 bits per heavy atom. The van der Waals surface area contributed by atoms with Crippen molar-refractivity contribution in [3.05, 3.63) is 27.7 Å². The highest BCUT2D eigenvalue weighted by Gasteiger charge is 2.54. The molecule has 0 radical (unpaired) electrons. The van der Waals surface area contributed by atoms with Crippen LogP contribution in [0.15, 0.2) is 10.9 Å². The van der Waals surface area contributed by atoms with Crippen LogP contribution in [-0.2, 0) is 17.5 Å². The van der Waals surface area contributed by atoms with Crippen LogP contribution in [0.4, 0.5) is 13.2 Å². The molecule has 4 bridgehead atoms. The van der Waals surface area contributed by atoms with Crippen molar-refractivity contribution >= 4 is 5.78 Å². The largest absolute Gasteiger partial charge is 0.421 e. The lowest BCUT2D eigenvalue weighted by atomic mass is 9.48. The normalized spacial score (nSPS) is 34.9. The Hall–Kier alpha value is -1.66. The van der Waals surface area contributed by atoms with Gasteiger partial charge in [0.05, 0.1) is 5.69 Å².